The molecule has 1 aliphatic rings. The zero-order chi connectivity index (χ0) is 20.1. The molecule has 26 heavy (non-hydrogen) atoms. The van der Waals surface area contributed by atoms with E-state index in [4.69, 9.17) is 30.9 Å². The molecule has 0 unspecified atom stereocenters. The lowest BCUT2D eigenvalue weighted by molar-refractivity contribution is -0.165. The van der Waals surface area contributed by atoms with Gasteiger partial charge in [0.25, 0.3) is 0 Å². The highest BCUT2D eigenvalue weighted by atomic mass is 19.1. The van der Waals surface area contributed by atoms with Crippen molar-refractivity contribution < 1.29 is 47.9 Å². The summed E-state index contributed by atoms with van der Waals surface area (Å²) in [5, 5.41) is 32.5. The predicted molar refractivity (Wildman–Crippen MR) is 80.5 cm³/mol. The zero-order valence-corrected chi connectivity index (χ0v) is 13.3. The first-order chi connectivity index (χ1) is 12.1. The average Bonchev–Trinajstić information content (AvgIpc) is 2.61. The number of halogens is 3. The van der Waals surface area contributed by atoms with Crippen molar-refractivity contribution in [2.45, 2.75) is 30.3 Å². The minimum atomic E-state index is -2.27. The Hall–Kier alpha value is -2.37. The number of carboxylic acids is 2. The average molecular weight is 381 g/mol. The Morgan fingerprint density at radius 2 is 1.69 bits per heavy atom. The molecule has 146 valence electrons. The minimum Gasteiger partial charge on any atom is -0.481 e. The minimum absolute atomic E-state index is 0.0104. The third-order valence-corrected chi connectivity index (χ3v) is 3.58. The number of hydrogen-bond donors (Lipinski definition) is 5. The molecule has 1 aliphatic heterocycles. The molecule has 0 fully saturated rings. The predicted octanol–water partition coefficient (Wildman–Crippen LogP) is 0.163. The highest BCUT2D eigenvalue weighted by Gasteiger charge is 2.40. The molecule has 1 heterocycles. The normalized spacial score (nSPS) is 19.8. The summed E-state index contributed by atoms with van der Waals surface area (Å²) < 4.78 is 43.8. The summed E-state index contributed by atoms with van der Waals surface area (Å²) in [4.78, 5) is 19.5. The van der Waals surface area contributed by atoms with Gasteiger partial charge in [0.05, 0.1) is 0 Å². The second-order valence-corrected chi connectivity index (χ2v) is 5.61. The second kappa shape index (κ2) is 8.83. The zero-order valence-electron chi connectivity index (χ0n) is 13.3. The van der Waals surface area contributed by atoms with Crippen LogP contribution in [-0.2, 0) is 9.59 Å². The van der Waals surface area contributed by atoms with Gasteiger partial charge in [0, 0.05) is 18.0 Å². The number of fused-ring (bicyclic) bond motifs is 1. The summed E-state index contributed by atoms with van der Waals surface area (Å²) in [7, 11) is 0. The van der Waals surface area contributed by atoms with E-state index in [2.05, 4.69) is 0 Å². The van der Waals surface area contributed by atoms with Crippen LogP contribution < -0.4 is 10.5 Å². The lowest BCUT2D eigenvalue weighted by Gasteiger charge is -2.37. The van der Waals surface area contributed by atoms with Gasteiger partial charge in [0.15, 0.2) is 17.8 Å². The molecule has 1 aromatic carbocycles. The van der Waals surface area contributed by atoms with Crippen molar-refractivity contribution in [3.63, 3.8) is 0 Å². The highest BCUT2D eigenvalue weighted by molar-refractivity contribution is 5.83. The van der Waals surface area contributed by atoms with Crippen LogP contribution in [0.2, 0.25) is 0 Å². The number of ether oxygens (including phenoxy) is 1. The van der Waals surface area contributed by atoms with E-state index in [1.54, 1.807) is 0 Å². The fourth-order valence-electron chi connectivity index (χ4n) is 2.16. The van der Waals surface area contributed by atoms with Gasteiger partial charge >= 0.3 is 11.9 Å². The van der Waals surface area contributed by atoms with Gasteiger partial charge in [-0.05, 0) is 18.2 Å². The molecule has 0 spiro atoms. The van der Waals surface area contributed by atoms with E-state index >= 15 is 0 Å². The van der Waals surface area contributed by atoms with Crippen LogP contribution in [0.25, 0.3) is 0 Å². The van der Waals surface area contributed by atoms with Crippen LogP contribution in [0.4, 0.5) is 13.2 Å². The molecule has 0 aliphatic carbocycles. The van der Waals surface area contributed by atoms with Crippen LogP contribution in [0.5, 0.6) is 5.75 Å². The Balaban J connectivity index is 0.000000294. The topological polar surface area (TPSA) is 150 Å². The van der Waals surface area contributed by atoms with Gasteiger partial charge in [-0.15, -0.1) is 0 Å². The quantitative estimate of drug-likeness (QED) is 0.484. The number of rotatable bonds is 5. The molecule has 2 rings (SSSR count). The summed E-state index contributed by atoms with van der Waals surface area (Å²) in [6, 6.07) is 3.16. The van der Waals surface area contributed by atoms with Gasteiger partial charge in [-0.25, -0.2) is 22.8 Å². The van der Waals surface area contributed by atoms with E-state index in [0.29, 0.717) is 5.56 Å². The highest BCUT2D eigenvalue weighted by Crippen LogP contribution is 2.39. The van der Waals surface area contributed by atoms with Crippen molar-refractivity contribution in [2.75, 3.05) is 13.3 Å². The van der Waals surface area contributed by atoms with Gasteiger partial charge in [-0.2, -0.15) is 0 Å². The first-order valence-electron chi connectivity index (χ1n) is 7.24. The van der Waals surface area contributed by atoms with Crippen molar-refractivity contribution in [1.82, 2.24) is 0 Å². The number of carbonyl (C=O) groups is 2. The molecule has 0 amide bonds. The standard InChI is InChI=1S/C11H12F3NO.C4H6O6/c12-5-11(6-13)4-9(15)8-3-7(14)1-2-10(8)16-11;5-1(3(7)8)2(6)4(9)10/h1-3,9H,4-6,15H2;1-2,5-6H,(H,7,8)(H,9,10)/t9-;1-,2-/m10/s1. The van der Waals surface area contributed by atoms with Crippen molar-refractivity contribution in [2.24, 2.45) is 5.73 Å². The van der Waals surface area contributed by atoms with E-state index in [9.17, 15) is 22.8 Å². The maximum absolute atomic E-state index is 13.0. The Bertz CT molecular complexity index is 636. The summed E-state index contributed by atoms with van der Waals surface area (Å²) in [6.07, 6.45) is -4.52. The third-order valence-electron chi connectivity index (χ3n) is 3.58. The first kappa shape index (κ1) is 21.7. The molecule has 8 nitrogen and oxygen atoms in total. The Labute approximate surface area is 145 Å². The third kappa shape index (κ3) is 5.07. The van der Waals surface area contributed by atoms with E-state index in [1.807, 2.05) is 0 Å². The number of aliphatic hydroxyl groups excluding tert-OH is 2. The van der Waals surface area contributed by atoms with Crippen LogP contribution in [0.3, 0.4) is 0 Å². The fourth-order valence-corrected chi connectivity index (χ4v) is 2.16. The molecular formula is C15H18F3NO7. The number of aliphatic hydroxyl groups is 2. The largest absolute Gasteiger partial charge is 0.481 e. The van der Waals surface area contributed by atoms with Gasteiger partial charge in [-0.3, -0.25) is 0 Å². The fraction of sp³-hybridized carbons (Fsp3) is 0.467. The van der Waals surface area contributed by atoms with Crippen LogP contribution in [0.1, 0.15) is 18.0 Å². The van der Waals surface area contributed by atoms with Crippen molar-refractivity contribution >= 4 is 11.9 Å². The van der Waals surface area contributed by atoms with Gasteiger partial charge in [0.2, 0.25) is 0 Å². The second-order valence-electron chi connectivity index (χ2n) is 5.61. The van der Waals surface area contributed by atoms with E-state index in [1.165, 1.54) is 18.2 Å². The molecule has 0 saturated carbocycles. The molecule has 0 bridgehead atoms. The Morgan fingerprint density at radius 1 is 1.19 bits per heavy atom. The monoisotopic (exact) mass is 381 g/mol. The molecule has 0 aromatic heterocycles. The number of nitrogens with two attached hydrogens (primary N) is 1. The number of benzene rings is 1. The van der Waals surface area contributed by atoms with Gasteiger partial charge in [-0.1, -0.05) is 0 Å². The Kier molecular flexibility index (Phi) is 7.36. The molecule has 0 radical (unpaired) electrons. The maximum Gasteiger partial charge on any atom is 0.335 e. The summed E-state index contributed by atoms with van der Waals surface area (Å²) >= 11 is 0. The Morgan fingerprint density at radius 3 is 2.12 bits per heavy atom. The molecular weight excluding hydrogens is 363 g/mol. The van der Waals surface area contributed by atoms with E-state index in [0.717, 1.165) is 0 Å². The lowest BCUT2D eigenvalue weighted by Crippen LogP contribution is -2.46. The lowest BCUT2D eigenvalue weighted by atomic mass is 9.89. The van der Waals surface area contributed by atoms with Crippen LogP contribution in [0.15, 0.2) is 18.2 Å². The summed E-state index contributed by atoms with van der Waals surface area (Å²) in [5.74, 6) is -3.72. The number of carboxylic acid groups (broad SMARTS) is 2. The number of hydrogen-bond acceptors (Lipinski definition) is 6. The van der Waals surface area contributed by atoms with Crippen LogP contribution in [0, 0.1) is 5.82 Å². The first-order valence-corrected chi connectivity index (χ1v) is 7.24. The van der Waals surface area contributed by atoms with Crippen molar-refractivity contribution in [3.8, 4) is 5.75 Å². The van der Waals surface area contributed by atoms with Gasteiger partial charge < -0.3 is 30.9 Å². The summed E-state index contributed by atoms with van der Waals surface area (Å²) in [5.41, 5.74) is 4.71. The number of alkyl halides is 2. The number of aliphatic carboxylic acids is 2. The molecule has 11 heteroatoms. The van der Waals surface area contributed by atoms with Crippen molar-refractivity contribution in [3.05, 3.63) is 29.6 Å². The smallest absolute Gasteiger partial charge is 0.335 e. The van der Waals surface area contributed by atoms with Gasteiger partial charge in [0.1, 0.15) is 24.9 Å². The summed E-state index contributed by atoms with van der Waals surface area (Å²) in [6.45, 7) is -1.90. The van der Waals surface area contributed by atoms with Crippen LogP contribution >= 0.6 is 0 Å². The molecule has 3 atom stereocenters. The molecule has 1 aromatic rings. The van der Waals surface area contributed by atoms with E-state index < -0.39 is 55.0 Å². The maximum atomic E-state index is 13.0. The molecule has 0 saturated heterocycles. The van der Waals surface area contributed by atoms with Crippen LogP contribution in [-0.4, -0.2) is 63.5 Å². The van der Waals surface area contributed by atoms with E-state index in [-0.39, 0.29) is 12.2 Å². The molecule has 6 N–H and O–H groups in total. The van der Waals surface area contributed by atoms with Crippen molar-refractivity contribution in [1.29, 1.82) is 0 Å². The SMILES string of the molecule is N[C@@H]1CC(CF)(CF)Oc2ccc(F)cc21.O=C(O)[C@@H](O)[C@H](O)C(=O)O.